The van der Waals surface area contributed by atoms with Crippen LogP contribution < -0.4 is 5.73 Å². The molecule has 3 fully saturated rings. The molecule has 0 aromatic carbocycles. The zero-order valence-corrected chi connectivity index (χ0v) is 13.0. The minimum atomic E-state index is -3.35. The molecule has 3 aliphatic heterocycles. The fraction of sp³-hybridized carbons (Fsp3) is 1.00. The summed E-state index contributed by atoms with van der Waals surface area (Å²) in [5, 5.41) is 0. The van der Waals surface area contributed by atoms with Gasteiger partial charge in [0.25, 0.3) is 0 Å². The molecule has 0 aromatic rings. The number of nitrogens with two attached hydrogens (primary N) is 1. The molecule has 0 atom stereocenters. The van der Waals surface area contributed by atoms with Gasteiger partial charge in [-0.15, -0.1) is 0 Å². The van der Waals surface area contributed by atoms with E-state index in [-0.39, 0.29) is 6.61 Å². The molecule has 3 heterocycles. The van der Waals surface area contributed by atoms with E-state index in [1.54, 1.807) is 0 Å². The van der Waals surface area contributed by atoms with Gasteiger partial charge in [0.05, 0.1) is 0 Å². The number of hydrogen-bond acceptors (Lipinski definition) is 8. The predicted molar refractivity (Wildman–Crippen MR) is 67.0 cm³/mol. The zero-order valence-electron chi connectivity index (χ0n) is 11.1. The number of phosphoric ester groups is 1. The largest absolute Gasteiger partial charge is 0.504 e. The van der Waals surface area contributed by atoms with Gasteiger partial charge in [0.1, 0.15) is 6.61 Å². The summed E-state index contributed by atoms with van der Waals surface area (Å²) in [5.74, 6) is -1.43. The monoisotopic (exact) mass is 313 g/mol. The number of phosphoric acid groups is 1. The summed E-state index contributed by atoms with van der Waals surface area (Å²) in [6.07, 6.45) is 0.695. The summed E-state index contributed by atoms with van der Waals surface area (Å²) in [7, 11) is -6.33. The third-order valence-electron chi connectivity index (χ3n) is 2.63. The lowest BCUT2D eigenvalue weighted by molar-refractivity contribution is -0.307. The topological polar surface area (TPSA) is 98.5 Å². The van der Waals surface area contributed by atoms with Crippen molar-refractivity contribution in [1.82, 2.24) is 0 Å². The van der Waals surface area contributed by atoms with Gasteiger partial charge in [-0.1, -0.05) is 0 Å². The predicted octanol–water partition coefficient (Wildman–Crippen LogP) is 1.20. The lowest BCUT2D eigenvalue weighted by atomic mass is 10.5. The summed E-state index contributed by atoms with van der Waals surface area (Å²) in [6, 6.07) is 0.546. The first-order valence-corrected chi connectivity index (χ1v) is 9.74. The molecule has 2 bridgehead atoms. The molecule has 3 aliphatic rings. The first kappa shape index (κ1) is 15.6. The number of rotatable bonds is 9. The van der Waals surface area contributed by atoms with E-state index in [0.717, 1.165) is 0 Å². The van der Waals surface area contributed by atoms with Gasteiger partial charge >= 0.3 is 22.6 Å². The van der Waals surface area contributed by atoms with Crippen molar-refractivity contribution in [2.45, 2.75) is 32.3 Å². The first-order chi connectivity index (χ1) is 9.01. The van der Waals surface area contributed by atoms with E-state index in [9.17, 15) is 4.57 Å². The number of hydrogen-bond donors (Lipinski definition) is 1. The Morgan fingerprint density at radius 3 is 2.37 bits per heavy atom. The maximum atomic E-state index is 11.5. The van der Waals surface area contributed by atoms with Crippen LogP contribution in [0.3, 0.4) is 0 Å². The van der Waals surface area contributed by atoms with E-state index >= 15 is 0 Å². The highest BCUT2D eigenvalue weighted by atomic mass is 31.2. The minimum Gasteiger partial charge on any atom is -0.374 e. The van der Waals surface area contributed by atoms with E-state index in [1.165, 1.54) is 0 Å². The van der Waals surface area contributed by atoms with E-state index in [1.807, 2.05) is 13.8 Å². The fourth-order valence-corrected chi connectivity index (χ4v) is 6.13. The Morgan fingerprint density at radius 2 is 1.95 bits per heavy atom. The molecule has 0 saturated carbocycles. The molecule has 0 aliphatic carbocycles. The minimum absolute atomic E-state index is 0.0399. The van der Waals surface area contributed by atoms with Gasteiger partial charge in [-0.25, -0.2) is 13.6 Å². The lowest BCUT2D eigenvalue weighted by Crippen LogP contribution is -2.56. The van der Waals surface area contributed by atoms with Gasteiger partial charge in [0.2, 0.25) is 0 Å². The standard InChI is InChI=1S/C9H20NO7PSi/c1-3-13-19(14-4-2,7-5-6-10)17-9-8-12-18(11,15-9)16-9/h3-8,10H2,1-2H3. The van der Waals surface area contributed by atoms with Gasteiger partial charge in [0, 0.05) is 19.3 Å². The molecule has 0 amide bonds. The molecule has 0 aromatic heterocycles. The Morgan fingerprint density at radius 1 is 1.32 bits per heavy atom. The van der Waals surface area contributed by atoms with Crippen molar-refractivity contribution in [3.63, 3.8) is 0 Å². The van der Waals surface area contributed by atoms with Gasteiger partial charge in [0.15, 0.2) is 0 Å². The average Bonchev–Trinajstić information content (AvgIpc) is 2.80. The van der Waals surface area contributed by atoms with Gasteiger partial charge < -0.3 is 19.0 Å². The molecule has 10 heteroatoms. The maximum absolute atomic E-state index is 11.5. The normalized spacial score (nSPS) is 33.4. The van der Waals surface area contributed by atoms with Crippen molar-refractivity contribution >= 4 is 16.6 Å². The van der Waals surface area contributed by atoms with Crippen LogP contribution in [0.25, 0.3) is 0 Å². The van der Waals surface area contributed by atoms with Crippen LogP contribution in [0.15, 0.2) is 0 Å². The summed E-state index contributed by atoms with van der Waals surface area (Å²) < 4.78 is 43.7. The van der Waals surface area contributed by atoms with Gasteiger partial charge in [-0.3, -0.25) is 4.52 Å². The molecular weight excluding hydrogens is 293 g/mol. The lowest BCUT2D eigenvalue weighted by Gasteiger charge is -2.39. The van der Waals surface area contributed by atoms with E-state index < -0.39 is 22.6 Å². The van der Waals surface area contributed by atoms with Gasteiger partial charge in [-0.05, 0) is 26.8 Å². The molecular formula is C9H20NO7PSi. The van der Waals surface area contributed by atoms with Crippen molar-refractivity contribution in [3.05, 3.63) is 0 Å². The molecule has 2 N–H and O–H groups in total. The van der Waals surface area contributed by atoms with Crippen LogP contribution in [0.1, 0.15) is 20.3 Å². The van der Waals surface area contributed by atoms with Crippen LogP contribution in [-0.2, 0) is 31.4 Å². The second kappa shape index (κ2) is 5.88. The Hall–Kier alpha value is 0.167. The van der Waals surface area contributed by atoms with Crippen LogP contribution >= 0.6 is 7.82 Å². The summed E-state index contributed by atoms with van der Waals surface area (Å²) >= 11 is 0. The van der Waals surface area contributed by atoms with Crippen molar-refractivity contribution in [3.8, 4) is 0 Å². The van der Waals surface area contributed by atoms with Crippen LogP contribution in [-0.4, -0.2) is 41.1 Å². The first-order valence-electron chi connectivity index (χ1n) is 6.35. The maximum Gasteiger partial charge on any atom is 0.504 e. The molecule has 112 valence electrons. The Kier molecular flexibility index (Phi) is 4.82. The Labute approximate surface area is 113 Å². The SMILES string of the molecule is CCO[Si](CCCN)(OCC)OC12COP(=O)(O1)O2. The van der Waals surface area contributed by atoms with Crippen molar-refractivity contribution in [2.75, 3.05) is 26.4 Å². The van der Waals surface area contributed by atoms with Crippen LogP contribution in [0.4, 0.5) is 0 Å². The highest BCUT2D eigenvalue weighted by Gasteiger charge is 2.70. The van der Waals surface area contributed by atoms with Crippen LogP contribution in [0.2, 0.25) is 6.04 Å². The van der Waals surface area contributed by atoms with Crippen LogP contribution in [0.5, 0.6) is 0 Å². The smallest absolute Gasteiger partial charge is 0.374 e. The zero-order chi connectivity index (χ0) is 14.0. The average molecular weight is 313 g/mol. The summed E-state index contributed by atoms with van der Waals surface area (Å²) in [4.78, 5) is 0. The van der Waals surface area contributed by atoms with E-state index in [2.05, 4.69) is 0 Å². The summed E-state index contributed by atoms with van der Waals surface area (Å²) in [6.45, 7) is 5.03. The van der Waals surface area contributed by atoms with Crippen molar-refractivity contribution < 1.29 is 31.4 Å². The Balaban J connectivity index is 2.05. The quantitative estimate of drug-likeness (QED) is 0.501. The van der Waals surface area contributed by atoms with Crippen molar-refractivity contribution in [1.29, 1.82) is 0 Å². The molecule has 8 nitrogen and oxygen atoms in total. The second-order valence-corrected chi connectivity index (χ2v) is 8.29. The third-order valence-corrected chi connectivity index (χ3v) is 7.12. The van der Waals surface area contributed by atoms with E-state index in [0.29, 0.717) is 32.2 Å². The van der Waals surface area contributed by atoms with Gasteiger partial charge in [-0.2, -0.15) is 0 Å². The molecule has 3 saturated heterocycles. The molecule has 0 radical (unpaired) electrons. The van der Waals surface area contributed by atoms with Crippen molar-refractivity contribution in [2.24, 2.45) is 5.73 Å². The molecule has 0 unspecified atom stereocenters. The van der Waals surface area contributed by atoms with E-state index in [4.69, 9.17) is 32.6 Å². The Bertz CT molecular complexity index is 352. The second-order valence-electron chi connectivity index (χ2n) is 4.13. The summed E-state index contributed by atoms with van der Waals surface area (Å²) in [5.41, 5.74) is 5.52. The molecule has 3 rings (SSSR count). The fourth-order valence-electron chi connectivity index (χ4n) is 1.97. The third kappa shape index (κ3) is 3.26. The molecule has 19 heavy (non-hydrogen) atoms. The highest BCUT2D eigenvalue weighted by molar-refractivity contribution is 7.50. The van der Waals surface area contributed by atoms with Crippen LogP contribution in [0, 0.1) is 0 Å². The highest BCUT2D eigenvalue weighted by Crippen LogP contribution is 2.72. The number of fused-ring (bicyclic) bond motifs is 1. The molecule has 0 spiro atoms.